The van der Waals surface area contributed by atoms with Gasteiger partial charge in [-0.1, -0.05) is 6.07 Å². The van der Waals surface area contributed by atoms with E-state index in [2.05, 4.69) is 4.98 Å². The quantitative estimate of drug-likeness (QED) is 0.855. The fraction of sp³-hybridized carbons (Fsp3) is 0.400. The molecule has 0 saturated carbocycles. The van der Waals surface area contributed by atoms with Crippen LogP contribution in [-0.2, 0) is 4.79 Å². The lowest BCUT2D eigenvalue weighted by Crippen LogP contribution is -2.50. The molecule has 18 heavy (non-hydrogen) atoms. The Balaban J connectivity index is 2.78. The van der Waals surface area contributed by atoms with Crippen molar-refractivity contribution in [1.82, 2.24) is 10.3 Å². The van der Waals surface area contributed by atoms with Crippen LogP contribution in [0.3, 0.4) is 0 Å². The number of amides is 1. The Labute approximate surface area is 99.0 Å². The maximum atomic E-state index is 12.6. The van der Waals surface area contributed by atoms with Crippen LogP contribution in [0, 0.1) is 0 Å². The van der Waals surface area contributed by atoms with Crippen LogP contribution < -0.4 is 5.32 Å². The average molecular weight is 268 g/mol. The van der Waals surface area contributed by atoms with Crippen molar-refractivity contribution in [2.45, 2.75) is 25.1 Å². The zero-order chi connectivity index (χ0) is 14.0. The van der Waals surface area contributed by atoms with Crippen molar-refractivity contribution in [3.8, 4) is 0 Å². The summed E-state index contributed by atoms with van der Waals surface area (Å²) in [5.41, 5.74) is 0.323. The van der Waals surface area contributed by atoms with Crippen molar-refractivity contribution in [3.63, 3.8) is 0 Å². The molecule has 0 aliphatic heterocycles. The third-order valence-electron chi connectivity index (χ3n) is 2.17. The van der Waals surface area contributed by atoms with E-state index >= 15 is 0 Å². The van der Waals surface area contributed by atoms with Crippen molar-refractivity contribution in [3.05, 3.63) is 30.1 Å². The van der Waals surface area contributed by atoms with E-state index in [1.54, 1.807) is 5.32 Å². The number of hydrogen-bond donors (Lipinski definition) is 1. The SMILES string of the molecule is C[C@@H](NC(=O)C(F)(F)C(F)(F)F)c1cccnc1. The van der Waals surface area contributed by atoms with Gasteiger partial charge < -0.3 is 5.32 Å². The summed E-state index contributed by atoms with van der Waals surface area (Å²) >= 11 is 0. The summed E-state index contributed by atoms with van der Waals surface area (Å²) in [6.07, 6.45) is -3.25. The van der Waals surface area contributed by atoms with E-state index in [0.717, 1.165) is 0 Å². The minimum Gasteiger partial charge on any atom is -0.344 e. The summed E-state index contributed by atoms with van der Waals surface area (Å²) in [6, 6.07) is 1.92. The second-order valence-electron chi connectivity index (χ2n) is 3.55. The molecule has 1 amide bonds. The van der Waals surface area contributed by atoms with Crippen LogP contribution in [0.15, 0.2) is 24.5 Å². The van der Waals surface area contributed by atoms with Gasteiger partial charge in [0.15, 0.2) is 0 Å². The number of nitrogens with zero attached hydrogens (tertiary/aromatic N) is 1. The summed E-state index contributed by atoms with van der Waals surface area (Å²) in [4.78, 5) is 14.6. The number of nitrogens with one attached hydrogen (secondary N) is 1. The fourth-order valence-electron chi connectivity index (χ4n) is 1.13. The van der Waals surface area contributed by atoms with E-state index in [4.69, 9.17) is 0 Å². The maximum absolute atomic E-state index is 12.6. The lowest BCUT2D eigenvalue weighted by molar-refractivity contribution is -0.270. The van der Waals surface area contributed by atoms with Crippen molar-refractivity contribution in [2.24, 2.45) is 0 Å². The topological polar surface area (TPSA) is 42.0 Å². The second-order valence-corrected chi connectivity index (χ2v) is 3.55. The van der Waals surface area contributed by atoms with E-state index in [1.807, 2.05) is 0 Å². The number of pyridine rings is 1. The molecule has 0 unspecified atom stereocenters. The first-order valence-electron chi connectivity index (χ1n) is 4.81. The number of rotatable bonds is 3. The summed E-state index contributed by atoms with van der Waals surface area (Å²) in [6.45, 7) is 1.28. The molecule has 0 fully saturated rings. The van der Waals surface area contributed by atoms with E-state index in [1.165, 1.54) is 31.5 Å². The summed E-state index contributed by atoms with van der Waals surface area (Å²) < 4.78 is 61.0. The molecule has 0 spiro atoms. The van der Waals surface area contributed by atoms with E-state index < -0.39 is 24.0 Å². The van der Waals surface area contributed by atoms with E-state index in [9.17, 15) is 26.7 Å². The number of halogens is 5. The van der Waals surface area contributed by atoms with Crippen LogP contribution >= 0.6 is 0 Å². The van der Waals surface area contributed by atoms with E-state index in [0.29, 0.717) is 5.56 Å². The average Bonchev–Trinajstić information content (AvgIpc) is 2.28. The van der Waals surface area contributed by atoms with Gasteiger partial charge in [0, 0.05) is 12.4 Å². The monoisotopic (exact) mass is 268 g/mol. The molecule has 0 saturated heterocycles. The highest BCUT2D eigenvalue weighted by Gasteiger charge is 2.63. The van der Waals surface area contributed by atoms with Crippen molar-refractivity contribution in [2.75, 3.05) is 0 Å². The number of hydrogen-bond acceptors (Lipinski definition) is 2. The molecule has 1 aromatic heterocycles. The molecule has 1 N–H and O–H groups in total. The van der Waals surface area contributed by atoms with Gasteiger partial charge in [-0.2, -0.15) is 22.0 Å². The highest BCUT2D eigenvalue weighted by molar-refractivity contribution is 5.84. The first-order valence-corrected chi connectivity index (χ1v) is 4.81. The molecule has 0 aromatic carbocycles. The van der Waals surface area contributed by atoms with Gasteiger partial charge in [0.2, 0.25) is 0 Å². The number of alkyl halides is 5. The molecule has 1 aromatic rings. The fourth-order valence-corrected chi connectivity index (χ4v) is 1.13. The molecule has 8 heteroatoms. The summed E-state index contributed by atoms with van der Waals surface area (Å²) in [5, 5.41) is 1.59. The van der Waals surface area contributed by atoms with Crippen LogP contribution in [0.1, 0.15) is 18.5 Å². The van der Waals surface area contributed by atoms with Crippen LogP contribution in [0.25, 0.3) is 0 Å². The largest absolute Gasteiger partial charge is 0.463 e. The Morgan fingerprint density at radius 2 is 1.94 bits per heavy atom. The van der Waals surface area contributed by atoms with Gasteiger partial charge in [-0.25, -0.2) is 0 Å². The van der Waals surface area contributed by atoms with Crippen molar-refractivity contribution in [1.29, 1.82) is 0 Å². The Morgan fingerprint density at radius 1 is 1.33 bits per heavy atom. The highest BCUT2D eigenvalue weighted by atomic mass is 19.4. The van der Waals surface area contributed by atoms with Crippen LogP contribution in [0.5, 0.6) is 0 Å². The van der Waals surface area contributed by atoms with Crippen LogP contribution in [-0.4, -0.2) is 23.0 Å². The lowest BCUT2D eigenvalue weighted by Gasteiger charge is -2.21. The van der Waals surface area contributed by atoms with Gasteiger partial charge >= 0.3 is 18.0 Å². The Kier molecular flexibility index (Phi) is 3.88. The van der Waals surface area contributed by atoms with Gasteiger partial charge in [-0.05, 0) is 18.6 Å². The predicted octanol–water partition coefficient (Wildman–Crippen LogP) is 2.46. The molecule has 100 valence electrons. The zero-order valence-corrected chi connectivity index (χ0v) is 9.13. The van der Waals surface area contributed by atoms with Gasteiger partial charge in [-0.3, -0.25) is 9.78 Å². The Hall–Kier alpha value is -1.73. The van der Waals surface area contributed by atoms with E-state index in [-0.39, 0.29) is 0 Å². The number of carbonyl (C=O) groups excluding carboxylic acids is 1. The van der Waals surface area contributed by atoms with Gasteiger partial charge in [0.05, 0.1) is 6.04 Å². The van der Waals surface area contributed by atoms with Gasteiger partial charge in [-0.15, -0.1) is 0 Å². The molecule has 0 bridgehead atoms. The molecule has 1 heterocycles. The highest BCUT2D eigenvalue weighted by Crippen LogP contribution is 2.35. The molecular weight excluding hydrogens is 259 g/mol. The normalized spacial score (nSPS) is 14.1. The minimum atomic E-state index is -5.91. The first kappa shape index (κ1) is 14.3. The molecule has 0 aliphatic carbocycles. The lowest BCUT2D eigenvalue weighted by atomic mass is 10.1. The number of aromatic nitrogens is 1. The second kappa shape index (κ2) is 4.87. The first-order chi connectivity index (χ1) is 8.16. The Bertz CT molecular complexity index is 418. The van der Waals surface area contributed by atoms with Gasteiger partial charge in [0.25, 0.3) is 0 Å². The van der Waals surface area contributed by atoms with Gasteiger partial charge in [0.1, 0.15) is 0 Å². The van der Waals surface area contributed by atoms with Crippen LogP contribution in [0.2, 0.25) is 0 Å². The molecular formula is C10H9F5N2O. The third-order valence-corrected chi connectivity index (χ3v) is 2.17. The molecule has 0 aliphatic rings. The standard InChI is InChI=1S/C10H9F5N2O/c1-6(7-3-2-4-16-5-7)17-8(18)9(11,12)10(13,14)15/h2-6H,1H3,(H,17,18)/t6-/m1/s1. The predicted molar refractivity (Wildman–Crippen MR) is 51.8 cm³/mol. The Morgan fingerprint density at radius 3 is 2.39 bits per heavy atom. The van der Waals surface area contributed by atoms with Crippen molar-refractivity contribution < 1.29 is 26.7 Å². The summed E-state index contributed by atoms with van der Waals surface area (Å²) in [5.74, 6) is -7.80. The maximum Gasteiger partial charge on any atom is 0.463 e. The minimum absolute atomic E-state index is 0.323. The third kappa shape index (κ3) is 2.93. The van der Waals surface area contributed by atoms with Crippen LogP contribution in [0.4, 0.5) is 22.0 Å². The molecule has 1 atom stereocenters. The molecule has 1 rings (SSSR count). The summed E-state index contributed by atoms with van der Waals surface area (Å²) in [7, 11) is 0. The smallest absolute Gasteiger partial charge is 0.344 e. The zero-order valence-electron chi connectivity index (χ0n) is 9.13. The molecule has 0 radical (unpaired) electrons. The van der Waals surface area contributed by atoms with Crippen molar-refractivity contribution >= 4 is 5.91 Å². The number of carbonyl (C=O) groups is 1. The molecule has 3 nitrogen and oxygen atoms in total.